The van der Waals surface area contributed by atoms with E-state index in [4.69, 9.17) is 0 Å². The fraction of sp³-hybridized carbons (Fsp3) is 0.760. The third-order valence-electron chi connectivity index (χ3n) is 6.89. The summed E-state index contributed by atoms with van der Waals surface area (Å²) in [7, 11) is 0. The van der Waals surface area contributed by atoms with E-state index in [1.165, 1.54) is 89.9 Å². The number of rotatable bonds is 7. The van der Waals surface area contributed by atoms with Crippen molar-refractivity contribution in [3.63, 3.8) is 0 Å². The molecule has 1 aromatic rings. The summed E-state index contributed by atoms with van der Waals surface area (Å²) in [6.45, 7) is 4.70. The Hall–Kier alpha value is 1.27. The van der Waals surface area contributed by atoms with Gasteiger partial charge in [-0.05, 0) is 49.9 Å². The van der Waals surface area contributed by atoms with E-state index in [-0.39, 0.29) is 68.9 Å². The zero-order chi connectivity index (χ0) is 17.5. The fourth-order valence-corrected chi connectivity index (χ4v) is 5.19. The van der Waals surface area contributed by atoms with Crippen LogP contribution in [-0.4, -0.2) is 0 Å². The van der Waals surface area contributed by atoms with Crippen LogP contribution in [-0.2, 0) is 0 Å². The Morgan fingerprint density at radius 3 is 2.08 bits per heavy atom. The fourth-order valence-electron chi connectivity index (χ4n) is 5.19. The summed E-state index contributed by atoms with van der Waals surface area (Å²) in [4.78, 5) is 0. The summed E-state index contributed by atoms with van der Waals surface area (Å²) in [6.07, 6.45) is 19.5. The Morgan fingerprint density at radius 1 is 0.885 bits per heavy atom. The van der Waals surface area contributed by atoms with E-state index in [1.54, 1.807) is 16.7 Å². The van der Waals surface area contributed by atoms with Crippen LogP contribution < -0.4 is 68.9 Å². The van der Waals surface area contributed by atoms with Crippen LogP contribution in [0.4, 0.5) is 0 Å². The molecule has 2 saturated carbocycles. The second kappa shape index (κ2) is 12.8. The molecule has 1 unspecified atom stereocenters. The van der Waals surface area contributed by atoms with Gasteiger partial charge in [0.15, 0.2) is 0 Å². The first-order chi connectivity index (χ1) is 12.3. The van der Waals surface area contributed by atoms with Gasteiger partial charge < -0.3 is 0 Å². The van der Waals surface area contributed by atoms with Crippen molar-refractivity contribution in [2.75, 3.05) is 0 Å². The molecule has 0 spiro atoms. The zero-order valence-corrected chi connectivity index (χ0v) is 24.1. The van der Waals surface area contributed by atoms with Crippen molar-refractivity contribution in [3.05, 3.63) is 34.9 Å². The average Bonchev–Trinajstić information content (AvgIpc) is 2.70. The van der Waals surface area contributed by atoms with Gasteiger partial charge in [-0.25, -0.2) is 0 Å². The van der Waals surface area contributed by atoms with Crippen molar-refractivity contribution in [1.29, 1.82) is 0 Å². The molecule has 0 aromatic heterocycles. The van der Waals surface area contributed by atoms with E-state index in [9.17, 15) is 0 Å². The first-order valence-electron chi connectivity index (χ1n) is 11.4. The predicted octanol–water partition coefficient (Wildman–Crippen LogP) is 5.27. The third-order valence-corrected chi connectivity index (χ3v) is 6.89. The Kier molecular flexibility index (Phi) is 11.6. The van der Waals surface area contributed by atoms with Crippen LogP contribution in [0.5, 0.6) is 0 Å². The van der Waals surface area contributed by atoms with Crippen LogP contribution in [0.15, 0.2) is 12.1 Å². The van der Waals surface area contributed by atoms with E-state index in [1.807, 2.05) is 0 Å². The van der Waals surface area contributed by atoms with E-state index in [0.717, 1.165) is 17.8 Å². The molecule has 0 N–H and O–H groups in total. The summed E-state index contributed by atoms with van der Waals surface area (Å²) in [5, 5.41) is 0. The first kappa shape index (κ1) is 23.5. The van der Waals surface area contributed by atoms with E-state index >= 15 is 0 Å². The van der Waals surface area contributed by atoms with Crippen molar-refractivity contribution in [3.8, 4) is 0 Å². The molecule has 2 aliphatic carbocycles. The normalized spacial score (nSPS) is 20.5. The first-order valence-corrected chi connectivity index (χ1v) is 11.4. The molecule has 1 heteroatoms. The Morgan fingerprint density at radius 2 is 1.50 bits per heavy atom. The molecular formula is C25H39Cs. The van der Waals surface area contributed by atoms with E-state index < -0.39 is 0 Å². The molecular weight excluding hydrogens is 433 g/mol. The van der Waals surface area contributed by atoms with Crippen LogP contribution in [0.3, 0.4) is 0 Å². The second-order valence-electron chi connectivity index (χ2n) is 8.74. The van der Waals surface area contributed by atoms with Gasteiger partial charge in [0.25, 0.3) is 0 Å². The maximum atomic E-state index is 3.95. The molecule has 0 bridgehead atoms. The monoisotopic (exact) mass is 472 g/mol. The van der Waals surface area contributed by atoms with Gasteiger partial charge in [-0.2, -0.15) is 34.9 Å². The second-order valence-corrected chi connectivity index (χ2v) is 8.74. The quantitative estimate of drug-likeness (QED) is 0.475. The zero-order valence-electron chi connectivity index (χ0n) is 17.8. The third kappa shape index (κ3) is 6.66. The predicted molar refractivity (Wildman–Crippen MR) is 109 cm³/mol. The van der Waals surface area contributed by atoms with Crippen molar-refractivity contribution in [2.24, 2.45) is 0 Å². The molecule has 26 heavy (non-hydrogen) atoms. The van der Waals surface area contributed by atoms with Crippen molar-refractivity contribution in [2.45, 2.75) is 121 Å². The molecule has 2 aliphatic rings. The molecule has 0 amide bonds. The van der Waals surface area contributed by atoms with E-state index in [0.29, 0.717) is 0 Å². The summed E-state index contributed by atoms with van der Waals surface area (Å²) in [5.74, 6) is 2.35. The topological polar surface area (TPSA) is 0 Å². The number of unbranched alkanes of at least 4 members (excludes halogenated alkanes) is 1. The smallest absolute Gasteiger partial charge is 0.176 e. The van der Waals surface area contributed by atoms with Crippen LogP contribution >= 0.6 is 0 Å². The summed E-state index contributed by atoms with van der Waals surface area (Å²) < 4.78 is 0. The summed E-state index contributed by atoms with van der Waals surface area (Å²) in [5.41, 5.74) is 4.80. The minimum absolute atomic E-state index is 0. The van der Waals surface area contributed by atoms with Gasteiger partial charge in [-0.3, -0.25) is 0 Å². The molecule has 1 aromatic carbocycles. The van der Waals surface area contributed by atoms with Crippen molar-refractivity contribution in [1.82, 2.24) is 0 Å². The maximum absolute atomic E-state index is 3.95. The molecule has 0 saturated heterocycles. The Labute approximate surface area is 222 Å². The number of hydrogen-bond acceptors (Lipinski definition) is 0. The minimum atomic E-state index is 0. The molecule has 2 fully saturated rings. The Balaban J connectivity index is 0.00000243. The van der Waals surface area contributed by atoms with Gasteiger partial charge in [0, 0.05) is 0 Å². The van der Waals surface area contributed by atoms with Crippen molar-refractivity contribution < 1.29 is 68.9 Å². The molecule has 1 atom stereocenters. The van der Waals surface area contributed by atoms with Gasteiger partial charge in [-0.1, -0.05) is 71.6 Å². The summed E-state index contributed by atoms with van der Waals surface area (Å²) >= 11 is 0. The molecule has 0 heterocycles. The van der Waals surface area contributed by atoms with Gasteiger partial charge in [0.05, 0.1) is 0 Å². The van der Waals surface area contributed by atoms with Crippen LogP contribution in [0.1, 0.15) is 138 Å². The maximum Gasteiger partial charge on any atom is 1.00 e. The minimum Gasteiger partial charge on any atom is -0.176 e. The molecule has 0 radical (unpaired) electrons. The van der Waals surface area contributed by atoms with Gasteiger partial charge in [-0.15, -0.1) is 0 Å². The largest absolute Gasteiger partial charge is 1.00 e. The SMILES string of the molecule is CCCCC(CC)c1[c-]c(C2CCCCC2)cc(C2CCCCC2)c1.[Cs+]. The number of benzene rings is 1. The van der Waals surface area contributed by atoms with Crippen LogP contribution in [0, 0.1) is 6.07 Å². The van der Waals surface area contributed by atoms with Gasteiger partial charge in [0.1, 0.15) is 0 Å². The van der Waals surface area contributed by atoms with Crippen LogP contribution in [0.25, 0.3) is 0 Å². The van der Waals surface area contributed by atoms with Gasteiger partial charge >= 0.3 is 68.9 Å². The Bertz CT molecular complexity index is 473. The standard InChI is InChI=1S/C25H39.Cs/c1-3-5-12-20(4-2)23-17-24(21-13-8-6-9-14-21)19-25(18-23)22-15-10-7-11-16-22;/h17,19-22H,3-16H2,1-2H3;/q-1;+1. The van der Waals surface area contributed by atoms with Crippen molar-refractivity contribution >= 4 is 0 Å². The molecule has 0 aliphatic heterocycles. The molecule has 0 nitrogen and oxygen atoms in total. The average molecular weight is 472 g/mol. The van der Waals surface area contributed by atoms with Gasteiger partial charge in [0.2, 0.25) is 0 Å². The molecule has 140 valence electrons. The van der Waals surface area contributed by atoms with Crippen LogP contribution in [0.2, 0.25) is 0 Å². The van der Waals surface area contributed by atoms with E-state index in [2.05, 4.69) is 32.0 Å². The molecule has 3 rings (SSSR count). The number of hydrogen-bond donors (Lipinski definition) is 0. The summed E-state index contributed by atoms with van der Waals surface area (Å²) in [6, 6.07) is 9.11.